The van der Waals surface area contributed by atoms with Crippen molar-refractivity contribution in [2.24, 2.45) is 0 Å². The summed E-state index contributed by atoms with van der Waals surface area (Å²) < 4.78 is 42.6. The van der Waals surface area contributed by atoms with Gasteiger partial charge in [-0.05, 0) is 50.2 Å². The highest BCUT2D eigenvalue weighted by Gasteiger charge is 2.25. The Balaban J connectivity index is 0.00000111. The van der Waals surface area contributed by atoms with E-state index in [1.807, 2.05) is 40.7 Å². The zero-order valence-corrected chi connectivity index (χ0v) is 47.5. The topological polar surface area (TPSA) is 288 Å². The number of hydrogen-bond acceptors (Lipinski definition) is 14. The normalized spacial score (nSPS) is 13.9. The summed E-state index contributed by atoms with van der Waals surface area (Å²) in [4.78, 5) is 86.0. The van der Waals surface area contributed by atoms with Crippen LogP contribution in [0.25, 0.3) is 0 Å². The maximum atomic E-state index is 14.9. The molecule has 0 atom stereocenters. The number of nitrogens with one attached hydrogen (secondary N) is 3. The fourth-order valence-corrected chi connectivity index (χ4v) is 8.34. The summed E-state index contributed by atoms with van der Waals surface area (Å²) in [7, 11) is 0. The summed E-state index contributed by atoms with van der Waals surface area (Å²) >= 11 is 0. The molecule has 8 N–H and O–H groups in total. The fourth-order valence-electron chi connectivity index (χ4n) is 8.34. The number of urea groups is 1. The number of aryl methyl sites for hydroxylation is 2. The number of piperazine rings is 3. The molecule has 0 unspecified atom stereocenters. The van der Waals surface area contributed by atoms with Gasteiger partial charge in [-0.25, -0.2) is 13.6 Å². The fraction of sp³-hybridized carbons (Fsp3) is 0.411. The van der Waals surface area contributed by atoms with Crippen molar-refractivity contribution in [3.05, 3.63) is 147 Å². The van der Waals surface area contributed by atoms with Crippen molar-refractivity contribution in [3.8, 4) is 0 Å². The van der Waals surface area contributed by atoms with Crippen molar-refractivity contribution in [1.82, 2.24) is 39.4 Å². The molecule has 6 amide bonds. The van der Waals surface area contributed by atoms with Crippen LogP contribution in [0.5, 0.6) is 0 Å². The number of carbonyl (C=O) groups is 5. The van der Waals surface area contributed by atoms with Crippen LogP contribution in [0.15, 0.2) is 91.3 Å². The quantitative estimate of drug-likeness (QED) is 0.0510. The Morgan fingerprint density at radius 2 is 0.976 bits per heavy atom. The standard InChI is InChI=1S/C20H24FN5O3.C13H16FN3O3.C13H18FN3O.C8H10N2O.2CH4.2ClH.H2O/c1-14-5-6-16(11-22-14)23-20(29)24-17-4-2-3-15(19(17)21)12-25-7-9-26(10-8-25)18(28)13-27;1-10(18)16-7-5-15(6-8-16)9-11-3-2-4-12(13(11)14)17(19)20;1-10(18)17-7-5-16(6-8-17)9-11-3-2-4-12(15)13(11)14;1-6-3-4-8(5-9-6)10-7(2)11;;;;;/h2-6,11,27H,7-10,12-13H2,1H3,(H2,23,24,29);2-4H,5-9H2,1H3;2-4H,5-9,15H2,1H3;3-5H,1-2H3,(H,10,11);2*1H4;2*1H;1H2. The third-order valence-corrected chi connectivity index (χ3v) is 12.8. The van der Waals surface area contributed by atoms with Gasteiger partial charge in [0.05, 0.1) is 40.1 Å². The second-order valence-electron chi connectivity index (χ2n) is 18.6. The lowest BCUT2D eigenvalue weighted by Crippen LogP contribution is -2.49. The number of amides is 6. The number of halogens is 5. The number of nitro groups is 1. The van der Waals surface area contributed by atoms with E-state index in [4.69, 9.17) is 10.8 Å². The molecule has 8 rings (SSSR count). The smallest absolute Gasteiger partial charge is 0.323 e. The summed E-state index contributed by atoms with van der Waals surface area (Å²) in [5.41, 5.74) is 9.75. The van der Waals surface area contributed by atoms with Crippen LogP contribution in [0.2, 0.25) is 0 Å². The number of anilines is 4. The Morgan fingerprint density at radius 3 is 1.37 bits per heavy atom. The van der Waals surface area contributed by atoms with Gasteiger partial charge >= 0.3 is 11.7 Å². The van der Waals surface area contributed by atoms with Crippen LogP contribution >= 0.6 is 24.8 Å². The van der Waals surface area contributed by atoms with Crippen molar-refractivity contribution in [2.75, 3.05) is 107 Å². The van der Waals surface area contributed by atoms with Crippen LogP contribution in [-0.4, -0.2) is 170 Å². The van der Waals surface area contributed by atoms with Crippen molar-refractivity contribution in [3.63, 3.8) is 0 Å². The Labute approximate surface area is 495 Å². The number of rotatable bonds is 11. The van der Waals surface area contributed by atoms with Crippen molar-refractivity contribution >= 4 is 82.9 Å². The van der Waals surface area contributed by atoms with Crippen LogP contribution in [0.1, 0.15) is 63.7 Å². The molecule has 3 aliphatic heterocycles. The molecule has 0 saturated carbocycles. The third-order valence-electron chi connectivity index (χ3n) is 12.8. The lowest BCUT2D eigenvalue weighted by Gasteiger charge is -2.34. The van der Waals surface area contributed by atoms with Crippen molar-refractivity contribution in [2.45, 2.75) is 69.1 Å². The predicted octanol–water partition coefficient (Wildman–Crippen LogP) is 6.92. The highest BCUT2D eigenvalue weighted by molar-refractivity contribution is 5.99. The van der Waals surface area contributed by atoms with Crippen molar-refractivity contribution < 1.29 is 52.6 Å². The average molecular weight is 1210 g/mol. The zero-order chi connectivity index (χ0) is 56.9. The lowest BCUT2D eigenvalue weighted by atomic mass is 10.1. The molecule has 3 aliphatic rings. The summed E-state index contributed by atoms with van der Waals surface area (Å²) in [5.74, 6) is -1.82. The van der Waals surface area contributed by atoms with Crippen LogP contribution in [0, 0.1) is 41.4 Å². The maximum absolute atomic E-state index is 14.9. The SMILES string of the molecule is C.C.CC(=O)N1CCN(Cc2cccc(N)c2F)CC1.CC(=O)N1CCN(Cc2cccc([N+](=O)[O-])c2F)CC1.CC(=O)Nc1ccc(C)nc1.Cc1ccc(NC(=O)Nc2cccc(CN3CCN(C(=O)CO)CC3)c2F)cn1.Cl.Cl.O. The monoisotopic (exact) mass is 1210 g/mol. The van der Waals surface area contributed by atoms with Gasteiger partial charge in [0.25, 0.3) is 0 Å². The highest BCUT2D eigenvalue weighted by Crippen LogP contribution is 2.23. The zero-order valence-electron chi connectivity index (χ0n) is 45.8. The van der Waals surface area contributed by atoms with E-state index in [9.17, 15) is 47.3 Å². The van der Waals surface area contributed by atoms with Gasteiger partial charge in [0.1, 0.15) is 6.61 Å². The van der Waals surface area contributed by atoms with Gasteiger partial charge in [-0.3, -0.25) is 54.0 Å². The minimum absolute atomic E-state index is 0. The van der Waals surface area contributed by atoms with Gasteiger partial charge in [-0.15, -0.1) is 24.8 Å². The van der Waals surface area contributed by atoms with E-state index in [-0.39, 0.29) is 86.0 Å². The molecule has 0 aliphatic carbocycles. The van der Waals surface area contributed by atoms with Gasteiger partial charge in [0.15, 0.2) is 11.6 Å². The highest BCUT2D eigenvalue weighted by atomic mass is 35.5. The van der Waals surface area contributed by atoms with E-state index in [1.54, 1.807) is 71.5 Å². The Hall–Kier alpha value is -7.52. The number of carbonyl (C=O) groups excluding carboxylic acids is 5. The molecule has 0 radical (unpaired) electrons. The van der Waals surface area contributed by atoms with E-state index in [1.165, 1.54) is 32.2 Å². The first-order valence-corrected chi connectivity index (χ1v) is 25.2. The van der Waals surface area contributed by atoms with Gasteiger partial charge < -0.3 is 47.0 Å². The van der Waals surface area contributed by atoms with E-state index in [0.717, 1.165) is 36.2 Å². The predicted molar refractivity (Wildman–Crippen MR) is 321 cm³/mol. The Bertz CT molecular complexity index is 2840. The Morgan fingerprint density at radius 1 is 0.578 bits per heavy atom. The number of aliphatic hydroxyl groups excluding tert-OH is 1. The number of benzene rings is 3. The molecule has 3 saturated heterocycles. The minimum Gasteiger partial charge on any atom is -0.412 e. The van der Waals surface area contributed by atoms with Crippen LogP contribution < -0.4 is 21.7 Å². The minimum atomic E-state index is -0.772. The second kappa shape index (κ2) is 37.6. The second-order valence-corrected chi connectivity index (χ2v) is 18.6. The molecule has 0 spiro atoms. The first-order chi connectivity index (χ1) is 37.2. The molecule has 83 heavy (non-hydrogen) atoms. The molecule has 3 aromatic carbocycles. The Kier molecular flexibility index (Phi) is 34.2. The van der Waals surface area contributed by atoms with E-state index >= 15 is 0 Å². The number of nitro benzene ring substituents is 1. The molecular weight excluding hydrogens is 1130 g/mol. The van der Waals surface area contributed by atoms with Crippen LogP contribution in [-0.2, 0) is 38.8 Å². The van der Waals surface area contributed by atoms with Crippen molar-refractivity contribution in [1.29, 1.82) is 0 Å². The summed E-state index contributed by atoms with van der Waals surface area (Å²) in [6, 6.07) is 20.8. The van der Waals surface area contributed by atoms with E-state index in [0.29, 0.717) is 107 Å². The van der Waals surface area contributed by atoms with E-state index in [2.05, 4.69) is 30.8 Å². The van der Waals surface area contributed by atoms with Crippen LogP contribution in [0.4, 0.5) is 46.4 Å². The van der Waals surface area contributed by atoms with Gasteiger partial charge in [0.2, 0.25) is 29.4 Å². The molecular formula is C56H80Cl2F3N13O9. The number of nitrogens with zero attached hydrogens (tertiary/aromatic N) is 9. The molecule has 3 fully saturated rings. The molecule has 0 bridgehead atoms. The maximum Gasteiger partial charge on any atom is 0.323 e. The largest absolute Gasteiger partial charge is 0.412 e. The number of nitrogen functional groups attached to an aromatic ring is 1. The molecule has 2 aromatic heterocycles. The van der Waals surface area contributed by atoms with Crippen LogP contribution in [0.3, 0.4) is 0 Å². The van der Waals surface area contributed by atoms with Gasteiger partial charge in [-0.2, -0.15) is 4.39 Å². The first-order valence-electron chi connectivity index (χ1n) is 25.2. The lowest BCUT2D eigenvalue weighted by molar-refractivity contribution is -0.387. The average Bonchev–Trinajstić information content (AvgIpc) is 3.52. The number of nitrogens with two attached hydrogens (primary N) is 1. The number of aromatic nitrogens is 2. The summed E-state index contributed by atoms with van der Waals surface area (Å²) in [5, 5.41) is 27.4. The molecule has 22 nitrogen and oxygen atoms in total. The number of pyridine rings is 2. The number of hydrogen-bond donors (Lipinski definition) is 5. The summed E-state index contributed by atoms with van der Waals surface area (Å²) in [6.07, 6.45) is 3.17. The van der Waals surface area contributed by atoms with E-state index < -0.39 is 34.9 Å². The molecule has 5 aromatic rings. The molecule has 27 heteroatoms. The molecule has 458 valence electrons. The van der Waals surface area contributed by atoms with Gasteiger partial charge in [-0.1, -0.05) is 51.3 Å². The summed E-state index contributed by atoms with van der Waals surface area (Å²) in [6.45, 7) is 16.7. The third kappa shape index (κ3) is 24.5. The number of aliphatic hydroxyl groups is 1. The first kappa shape index (κ1) is 75.5. The molecule has 5 heterocycles. The van der Waals surface area contributed by atoms with Gasteiger partial charge in [0, 0.05) is 153 Å².